The highest BCUT2D eigenvalue weighted by Crippen LogP contribution is 2.56. The number of ether oxygens (including phenoxy) is 1. The van der Waals surface area contributed by atoms with Gasteiger partial charge in [-0.25, -0.2) is 0 Å². The lowest BCUT2D eigenvalue weighted by atomic mass is 9.65. The van der Waals surface area contributed by atoms with E-state index in [-0.39, 0.29) is 11.9 Å². The number of rotatable bonds is 4. The maximum Gasteiger partial charge on any atom is 0.322 e. The lowest BCUT2D eigenvalue weighted by Gasteiger charge is -2.38. The van der Waals surface area contributed by atoms with Gasteiger partial charge in [0.15, 0.2) is 0 Å². The molecule has 1 saturated carbocycles. The van der Waals surface area contributed by atoms with Gasteiger partial charge in [0.05, 0.1) is 12.5 Å². The molecule has 2 atom stereocenters. The molecule has 0 spiro atoms. The summed E-state index contributed by atoms with van der Waals surface area (Å²) >= 11 is 0. The molecule has 0 heterocycles. The van der Waals surface area contributed by atoms with Crippen molar-refractivity contribution < 1.29 is 24.2 Å². The van der Waals surface area contributed by atoms with E-state index in [9.17, 15) is 14.4 Å². The topological polar surface area (TPSA) is 92.7 Å². The third-order valence-electron chi connectivity index (χ3n) is 4.59. The first kappa shape index (κ1) is 15.5. The molecule has 0 aromatic rings. The quantitative estimate of drug-likeness (QED) is 0.738. The molecule has 1 fully saturated rings. The van der Waals surface area contributed by atoms with Crippen molar-refractivity contribution in [2.75, 3.05) is 13.7 Å². The van der Waals surface area contributed by atoms with E-state index in [0.717, 1.165) is 0 Å². The summed E-state index contributed by atoms with van der Waals surface area (Å²) in [7, 11) is 1.33. The normalized spacial score (nSPS) is 28.7. The monoisotopic (exact) mass is 271 g/mol. The van der Waals surface area contributed by atoms with Crippen molar-refractivity contribution in [3.63, 3.8) is 0 Å². The molecule has 2 N–H and O–H groups in total. The second kappa shape index (κ2) is 5.19. The SMILES string of the molecule is COC(=O)C1(C)CCC(C(=O)NCC(=O)O)C1(C)C. The molecular formula is C13H21NO5. The highest BCUT2D eigenvalue weighted by molar-refractivity contribution is 5.86. The van der Waals surface area contributed by atoms with Gasteiger partial charge >= 0.3 is 11.9 Å². The molecule has 0 aliphatic heterocycles. The predicted octanol–water partition coefficient (Wildman–Crippen LogP) is 0.803. The molecule has 2 unspecified atom stereocenters. The Morgan fingerprint density at radius 2 is 1.89 bits per heavy atom. The van der Waals surface area contributed by atoms with Crippen LogP contribution in [0.4, 0.5) is 0 Å². The van der Waals surface area contributed by atoms with Crippen LogP contribution in [0.2, 0.25) is 0 Å². The Morgan fingerprint density at radius 3 is 2.37 bits per heavy atom. The van der Waals surface area contributed by atoms with E-state index < -0.39 is 29.3 Å². The van der Waals surface area contributed by atoms with Crippen LogP contribution in [-0.4, -0.2) is 36.6 Å². The minimum Gasteiger partial charge on any atom is -0.480 e. The van der Waals surface area contributed by atoms with E-state index in [0.29, 0.717) is 12.8 Å². The van der Waals surface area contributed by atoms with Gasteiger partial charge in [0.1, 0.15) is 6.54 Å². The minimum absolute atomic E-state index is 0.319. The zero-order chi connectivity index (χ0) is 14.8. The van der Waals surface area contributed by atoms with Crippen molar-refractivity contribution >= 4 is 17.8 Å². The molecular weight excluding hydrogens is 250 g/mol. The van der Waals surface area contributed by atoms with Gasteiger partial charge in [-0.05, 0) is 25.2 Å². The van der Waals surface area contributed by atoms with Crippen molar-refractivity contribution in [2.24, 2.45) is 16.7 Å². The minimum atomic E-state index is -1.08. The Labute approximate surface area is 112 Å². The Morgan fingerprint density at radius 1 is 1.32 bits per heavy atom. The highest BCUT2D eigenvalue weighted by Gasteiger charge is 2.58. The summed E-state index contributed by atoms with van der Waals surface area (Å²) in [6.45, 7) is 5.09. The zero-order valence-corrected chi connectivity index (χ0v) is 11.8. The van der Waals surface area contributed by atoms with E-state index >= 15 is 0 Å². The Kier molecular flexibility index (Phi) is 4.22. The standard InChI is InChI=1S/C13H21NO5/c1-12(2)8(10(17)14-7-9(15)16)5-6-13(12,3)11(18)19-4/h8H,5-7H2,1-4H3,(H,14,17)(H,15,16). The molecule has 1 aliphatic carbocycles. The largest absolute Gasteiger partial charge is 0.480 e. The molecule has 0 saturated heterocycles. The second-order valence-electron chi connectivity index (χ2n) is 5.75. The van der Waals surface area contributed by atoms with Gasteiger partial charge in [-0.1, -0.05) is 13.8 Å². The first-order valence-corrected chi connectivity index (χ1v) is 6.24. The lowest BCUT2D eigenvalue weighted by Crippen LogP contribution is -2.46. The average molecular weight is 271 g/mol. The molecule has 6 nitrogen and oxygen atoms in total. The molecule has 0 aromatic heterocycles. The number of carboxylic acids is 1. The van der Waals surface area contributed by atoms with Crippen LogP contribution in [0, 0.1) is 16.7 Å². The summed E-state index contributed by atoms with van der Waals surface area (Å²) in [4.78, 5) is 34.4. The first-order chi connectivity index (χ1) is 8.66. The molecule has 0 bridgehead atoms. The van der Waals surface area contributed by atoms with Crippen LogP contribution in [0.15, 0.2) is 0 Å². The van der Waals surface area contributed by atoms with Gasteiger partial charge in [0.2, 0.25) is 5.91 Å². The van der Waals surface area contributed by atoms with Gasteiger partial charge in [-0.2, -0.15) is 0 Å². The van der Waals surface area contributed by atoms with Crippen molar-refractivity contribution in [2.45, 2.75) is 33.6 Å². The summed E-state index contributed by atoms with van der Waals surface area (Å²) in [5, 5.41) is 11.0. The van der Waals surface area contributed by atoms with Crippen molar-refractivity contribution in [1.82, 2.24) is 5.32 Å². The third kappa shape index (κ3) is 2.57. The van der Waals surface area contributed by atoms with Gasteiger partial charge in [0.25, 0.3) is 0 Å². The van der Waals surface area contributed by atoms with Gasteiger partial charge in [0, 0.05) is 5.92 Å². The number of nitrogens with one attached hydrogen (secondary N) is 1. The van der Waals surface area contributed by atoms with Crippen LogP contribution in [0.25, 0.3) is 0 Å². The second-order valence-corrected chi connectivity index (χ2v) is 5.75. The molecule has 1 amide bonds. The summed E-state index contributed by atoms with van der Waals surface area (Å²) in [5.74, 6) is -2.12. The predicted molar refractivity (Wildman–Crippen MR) is 67.3 cm³/mol. The summed E-state index contributed by atoms with van der Waals surface area (Å²) in [5.41, 5.74) is -1.31. The van der Waals surface area contributed by atoms with Gasteiger partial charge in [-0.15, -0.1) is 0 Å². The summed E-state index contributed by atoms with van der Waals surface area (Å²) in [6.07, 6.45) is 1.10. The summed E-state index contributed by atoms with van der Waals surface area (Å²) in [6, 6.07) is 0. The average Bonchev–Trinajstić information content (AvgIpc) is 2.57. The van der Waals surface area contributed by atoms with Gasteiger partial charge < -0.3 is 15.2 Å². The number of methoxy groups -OCH3 is 1. The molecule has 6 heteroatoms. The number of aliphatic carboxylic acids is 1. The maximum atomic E-state index is 12.0. The Hall–Kier alpha value is -1.59. The Balaban J connectivity index is 2.87. The number of hydrogen-bond acceptors (Lipinski definition) is 4. The fourth-order valence-corrected chi connectivity index (χ4v) is 2.84. The number of carbonyl (C=O) groups excluding carboxylic acids is 2. The molecule has 0 aromatic carbocycles. The van der Waals surface area contributed by atoms with Crippen molar-refractivity contribution in [1.29, 1.82) is 0 Å². The van der Waals surface area contributed by atoms with Crippen LogP contribution in [0.3, 0.4) is 0 Å². The molecule has 0 radical (unpaired) electrons. The first-order valence-electron chi connectivity index (χ1n) is 6.24. The Bertz CT molecular complexity index is 404. The van der Waals surface area contributed by atoms with Crippen LogP contribution in [0.1, 0.15) is 33.6 Å². The number of esters is 1. The maximum absolute atomic E-state index is 12.0. The molecule has 1 aliphatic rings. The van der Waals surface area contributed by atoms with Crippen LogP contribution < -0.4 is 5.32 Å². The smallest absolute Gasteiger partial charge is 0.322 e. The number of carbonyl (C=O) groups is 3. The zero-order valence-electron chi connectivity index (χ0n) is 11.8. The van der Waals surface area contributed by atoms with Crippen LogP contribution in [-0.2, 0) is 19.1 Å². The van der Waals surface area contributed by atoms with Crippen LogP contribution >= 0.6 is 0 Å². The van der Waals surface area contributed by atoms with Crippen LogP contribution in [0.5, 0.6) is 0 Å². The van der Waals surface area contributed by atoms with Gasteiger partial charge in [-0.3, -0.25) is 14.4 Å². The van der Waals surface area contributed by atoms with E-state index in [1.807, 2.05) is 13.8 Å². The van der Waals surface area contributed by atoms with Crippen molar-refractivity contribution in [3.05, 3.63) is 0 Å². The van der Waals surface area contributed by atoms with Crippen molar-refractivity contribution in [3.8, 4) is 0 Å². The summed E-state index contributed by atoms with van der Waals surface area (Å²) < 4.78 is 4.83. The van der Waals surface area contributed by atoms with E-state index in [1.54, 1.807) is 6.92 Å². The number of carboxylic acid groups (broad SMARTS) is 1. The number of hydrogen-bond donors (Lipinski definition) is 2. The molecule has 19 heavy (non-hydrogen) atoms. The third-order valence-corrected chi connectivity index (χ3v) is 4.59. The highest BCUT2D eigenvalue weighted by atomic mass is 16.5. The van der Waals surface area contributed by atoms with E-state index in [2.05, 4.69) is 5.32 Å². The number of amides is 1. The lowest BCUT2D eigenvalue weighted by molar-refractivity contribution is -0.159. The molecule has 1 rings (SSSR count). The fourth-order valence-electron chi connectivity index (χ4n) is 2.84. The van der Waals surface area contributed by atoms with E-state index in [4.69, 9.17) is 9.84 Å². The molecule has 108 valence electrons. The van der Waals surface area contributed by atoms with E-state index in [1.165, 1.54) is 7.11 Å². The fraction of sp³-hybridized carbons (Fsp3) is 0.769.